The summed E-state index contributed by atoms with van der Waals surface area (Å²) in [5, 5.41) is 0. The molecule has 0 unspecified atom stereocenters. The zero-order chi connectivity index (χ0) is 10.1. The van der Waals surface area contributed by atoms with Crippen molar-refractivity contribution in [3.63, 3.8) is 0 Å². The minimum absolute atomic E-state index is 0.0328. The van der Waals surface area contributed by atoms with E-state index < -0.39 is 15.0 Å². The first kappa shape index (κ1) is 10.5. The van der Waals surface area contributed by atoms with E-state index >= 15 is 0 Å². The van der Waals surface area contributed by atoms with Crippen molar-refractivity contribution in [3.8, 4) is 0 Å². The molecule has 1 aromatic rings. The largest absolute Gasteiger partial charge is 0.369 e. The first-order valence-electron chi connectivity index (χ1n) is 3.21. The normalized spacial score (nSPS) is 11.5. The third-order valence-electron chi connectivity index (χ3n) is 1.23. The van der Waals surface area contributed by atoms with Crippen molar-refractivity contribution in [2.75, 3.05) is 0 Å². The monoisotopic (exact) mass is 239 g/mol. The van der Waals surface area contributed by atoms with Gasteiger partial charge in [0.2, 0.25) is 5.91 Å². The van der Waals surface area contributed by atoms with Gasteiger partial charge in [0.05, 0.1) is 6.42 Å². The fraction of sp³-hybridized carbons (Fsp3) is 0.167. The minimum Gasteiger partial charge on any atom is -0.369 e. The highest BCUT2D eigenvalue weighted by Crippen LogP contribution is 2.24. The van der Waals surface area contributed by atoms with Crippen LogP contribution in [0.25, 0.3) is 0 Å². The van der Waals surface area contributed by atoms with Gasteiger partial charge in [-0.15, -0.1) is 11.3 Å². The second kappa shape index (κ2) is 3.65. The lowest BCUT2D eigenvalue weighted by Crippen LogP contribution is -2.12. The number of nitrogens with two attached hydrogens (primary N) is 1. The molecule has 0 aromatic carbocycles. The molecule has 0 atom stereocenters. The molecule has 4 nitrogen and oxygen atoms in total. The van der Waals surface area contributed by atoms with E-state index in [-0.39, 0.29) is 10.6 Å². The molecule has 0 bridgehead atoms. The van der Waals surface area contributed by atoms with E-state index in [1.807, 2.05) is 0 Å². The van der Waals surface area contributed by atoms with Crippen molar-refractivity contribution in [2.45, 2.75) is 10.6 Å². The zero-order valence-corrected chi connectivity index (χ0v) is 8.75. The molecule has 1 heterocycles. The molecule has 1 rings (SSSR count). The first-order valence-corrected chi connectivity index (χ1v) is 6.34. The zero-order valence-electron chi connectivity index (χ0n) is 6.36. The molecule has 0 aliphatic heterocycles. The molecule has 0 fully saturated rings. The number of amides is 1. The molecule has 0 saturated carbocycles. The van der Waals surface area contributed by atoms with Crippen molar-refractivity contribution in [3.05, 3.63) is 17.0 Å². The van der Waals surface area contributed by atoms with Crippen molar-refractivity contribution < 1.29 is 13.2 Å². The summed E-state index contributed by atoms with van der Waals surface area (Å²) >= 11 is 0.947. The van der Waals surface area contributed by atoms with Crippen LogP contribution in [0.2, 0.25) is 0 Å². The van der Waals surface area contributed by atoms with E-state index in [9.17, 15) is 13.2 Å². The Labute approximate surface area is 83.7 Å². The molecule has 0 spiro atoms. The molecule has 7 heteroatoms. The van der Waals surface area contributed by atoms with Crippen molar-refractivity contribution in [1.29, 1.82) is 0 Å². The summed E-state index contributed by atoms with van der Waals surface area (Å²) < 4.78 is 21.6. The fourth-order valence-electron chi connectivity index (χ4n) is 0.756. The smallest absolute Gasteiger partial charge is 0.270 e. The van der Waals surface area contributed by atoms with Gasteiger partial charge in [-0.25, -0.2) is 8.42 Å². The van der Waals surface area contributed by atoms with E-state index in [2.05, 4.69) is 0 Å². The minimum atomic E-state index is -3.68. The van der Waals surface area contributed by atoms with Crippen LogP contribution in [0, 0.1) is 0 Å². The van der Waals surface area contributed by atoms with E-state index in [1.54, 1.807) is 0 Å². The van der Waals surface area contributed by atoms with Gasteiger partial charge in [-0.2, -0.15) is 0 Å². The maximum absolute atomic E-state index is 10.8. The van der Waals surface area contributed by atoms with Gasteiger partial charge in [-0.1, -0.05) is 0 Å². The lowest BCUT2D eigenvalue weighted by Gasteiger charge is -1.89. The van der Waals surface area contributed by atoms with E-state index in [1.165, 1.54) is 12.1 Å². The van der Waals surface area contributed by atoms with E-state index in [4.69, 9.17) is 16.4 Å². The van der Waals surface area contributed by atoms with Gasteiger partial charge in [0.15, 0.2) is 0 Å². The highest BCUT2D eigenvalue weighted by atomic mass is 35.7. The van der Waals surface area contributed by atoms with Crippen LogP contribution >= 0.6 is 22.0 Å². The Balaban J connectivity index is 2.94. The number of primary amides is 1. The van der Waals surface area contributed by atoms with Gasteiger partial charge in [-0.3, -0.25) is 4.79 Å². The molecule has 0 aliphatic rings. The highest BCUT2D eigenvalue weighted by molar-refractivity contribution is 8.15. The summed E-state index contributed by atoms with van der Waals surface area (Å²) in [5.41, 5.74) is 4.93. The SMILES string of the molecule is NC(=O)Cc1ccc(S(=O)(=O)Cl)s1. The van der Waals surface area contributed by atoms with Crippen LogP contribution in [-0.4, -0.2) is 14.3 Å². The quantitative estimate of drug-likeness (QED) is 0.789. The molecule has 0 radical (unpaired) electrons. The Kier molecular flexibility index (Phi) is 2.94. The topological polar surface area (TPSA) is 77.2 Å². The highest BCUT2D eigenvalue weighted by Gasteiger charge is 2.13. The van der Waals surface area contributed by atoms with Gasteiger partial charge in [0.25, 0.3) is 9.05 Å². The lowest BCUT2D eigenvalue weighted by atomic mass is 10.3. The van der Waals surface area contributed by atoms with Crippen LogP contribution in [0.15, 0.2) is 16.3 Å². The molecular weight excluding hydrogens is 234 g/mol. The van der Waals surface area contributed by atoms with Crippen LogP contribution in [0.3, 0.4) is 0 Å². The van der Waals surface area contributed by atoms with E-state index in [0.717, 1.165) is 11.3 Å². The van der Waals surface area contributed by atoms with Crippen LogP contribution in [0.5, 0.6) is 0 Å². The third-order valence-corrected chi connectivity index (χ3v) is 4.40. The Bertz CT molecular complexity index is 423. The van der Waals surface area contributed by atoms with E-state index in [0.29, 0.717) is 4.88 Å². The van der Waals surface area contributed by atoms with Gasteiger partial charge < -0.3 is 5.73 Å². The van der Waals surface area contributed by atoms with Gasteiger partial charge in [0.1, 0.15) is 4.21 Å². The molecule has 0 saturated heterocycles. The Hall–Kier alpha value is -0.590. The van der Waals surface area contributed by atoms with Crippen molar-refractivity contribution >= 4 is 37.0 Å². The number of hydrogen-bond donors (Lipinski definition) is 1. The van der Waals surface area contributed by atoms with Crippen molar-refractivity contribution in [1.82, 2.24) is 0 Å². The number of hydrogen-bond acceptors (Lipinski definition) is 4. The average Bonchev–Trinajstić information content (AvgIpc) is 2.32. The Morgan fingerprint density at radius 1 is 1.54 bits per heavy atom. The summed E-state index contributed by atoms with van der Waals surface area (Å²) in [6.07, 6.45) is 0.0388. The molecule has 1 amide bonds. The summed E-state index contributed by atoms with van der Waals surface area (Å²) in [6, 6.07) is 2.87. The van der Waals surface area contributed by atoms with Crippen LogP contribution in [0.4, 0.5) is 0 Å². The molecule has 1 aromatic heterocycles. The van der Waals surface area contributed by atoms with Crippen LogP contribution in [0.1, 0.15) is 4.88 Å². The van der Waals surface area contributed by atoms with Gasteiger partial charge in [0, 0.05) is 15.6 Å². The average molecular weight is 240 g/mol. The summed E-state index contributed by atoms with van der Waals surface area (Å²) in [5.74, 6) is -0.500. The predicted molar refractivity (Wildman–Crippen MR) is 50.3 cm³/mol. The van der Waals surface area contributed by atoms with Crippen LogP contribution in [-0.2, 0) is 20.3 Å². The number of halogens is 1. The summed E-state index contributed by atoms with van der Waals surface area (Å²) in [7, 11) is 1.40. The second-order valence-electron chi connectivity index (χ2n) is 2.30. The molecular formula is C6H6ClNO3S2. The standard InChI is InChI=1S/C6H6ClNO3S2/c7-13(10,11)6-2-1-4(12-6)3-5(8)9/h1-2H,3H2,(H2,8,9). The molecule has 72 valence electrons. The number of rotatable bonds is 3. The first-order chi connectivity index (χ1) is 5.89. The number of thiophene rings is 1. The van der Waals surface area contributed by atoms with Gasteiger partial charge >= 0.3 is 0 Å². The van der Waals surface area contributed by atoms with Crippen LogP contribution < -0.4 is 5.73 Å². The maximum Gasteiger partial charge on any atom is 0.270 e. The number of carbonyl (C=O) groups excluding carboxylic acids is 1. The molecule has 13 heavy (non-hydrogen) atoms. The summed E-state index contributed by atoms with van der Waals surface area (Å²) in [6.45, 7) is 0. The maximum atomic E-state index is 10.8. The molecule has 2 N–H and O–H groups in total. The second-order valence-corrected chi connectivity index (χ2v) is 6.26. The lowest BCUT2D eigenvalue weighted by molar-refractivity contribution is -0.117. The Morgan fingerprint density at radius 2 is 2.15 bits per heavy atom. The molecule has 0 aliphatic carbocycles. The number of carbonyl (C=O) groups is 1. The predicted octanol–water partition coefficient (Wildman–Crippen LogP) is 0.703. The third kappa shape index (κ3) is 2.98. The fourth-order valence-corrected chi connectivity index (χ4v) is 2.89. The van der Waals surface area contributed by atoms with Crippen molar-refractivity contribution in [2.24, 2.45) is 5.73 Å². The Morgan fingerprint density at radius 3 is 2.54 bits per heavy atom. The van der Waals surface area contributed by atoms with Gasteiger partial charge in [-0.05, 0) is 12.1 Å². The summed E-state index contributed by atoms with van der Waals surface area (Å²) in [4.78, 5) is 11.1.